The van der Waals surface area contributed by atoms with Crippen LogP contribution in [0.5, 0.6) is 0 Å². The topological polar surface area (TPSA) is 57.6 Å². The van der Waals surface area contributed by atoms with Gasteiger partial charge in [0.25, 0.3) is 0 Å². The number of rotatable bonds is 2. The van der Waals surface area contributed by atoms with Gasteiger partial charge in [0.15, 0.2) is 5.78 Å². The molecule has 2 aromatic carbocycles. The molecule has 0 spiro atoms. The van der Waals surface area contributed by atoms with Crippen molar-refractivity contribution in [3.05, 3.63) is 48.0 Å². The van der Waals surface area contributed by atoms with Crippen molar-refractivity contribution < 1.29 is 14.7 Å². The molecule has 102 valence electrons. The van der Waals surface area contributed by atoms with Gasteiger partial charge in [-0.25, -0.2) is 4.79 Å². The molecule has 3 rings (SSSR count). The second kappa shape index (κ2) is 4.96. The molecule has 2 aromatic rings. The van der Waals surface area contributed by atoms with Crippen molar-refractivity contribution in [2.75, 3.05) is 6.54 Å². The fraction of sp³-hybridized carbons (Fsp3) is 0.250. The van der Waals surface area contributed by atoms with E-state index < -0.39 is 12.1 Å². The third-order valence-corrected chi connectivity index (χ3v) is 3.84. The van der Waals surface area contributed by atoms with E-state index in [4.69, 9.17) is 5.11 Å². The van der Waals surface area contributed by atoms with Crippen LogP contribution in [0.25, 0.3) is 10.8 Å². The number of carbonyl (C=O) groups is 2. The first-order valence-electron chi connectivity index (χ1n) is 6.69. The Kier molecular flexibility index (Phi) is 3.14. The standard InChI is InChI=1S/C16H15NO3/c18-15(14-6-3-9-17(14)16(19)20)13-8-7-11-4-1-2-5-12(11)10-13/h1-2,4-5,7-8,10,14H,3,6,9H2,(H,19,20)/t14-/m1/s1. The molecule has 0 saturated carbocycles. The lowest BCUT2D eigenvalue weighted by molar-refractivity contribution is 0.0845. The van der Waals surface area contributed by atoms with Crippen LogP contribution in [0.1, 0.15) is 23.2 Å². The second-order valence-electron chi connectivity index (χ2n) is 5.06. The molecular formula is C16H15NO3. The highest BCUT2D eigenvalue weighted by atomic mass is 16.4. The van der Waals surface area contributed by atoms with Crippen LogP contribution < -0.4 is 0 Å². The zero-order chi connectivity index (χ0) is 14.1. The summed E-state index contributed by atoms with van der Waals surface area (Å²) < 4.78 is 0. The summed E-state index contributed by atoms with van der Waals surface area (Å²) in [5, 5.41) is 11.2. The van der Waals surface area contributed by atoms with Gasteiger partial charge in [0.1, 0.15) is 0 Å². The van der Waals surface area contributed by atoms with E-state index in [-0.39, 0.29) is 5.78 Å². The minimum atomic E-state index is -1.01. The zero-order valence-corrected chi connectivity index (χ0v) is 11.0. The van der Waals surface area contributed by atoms with Gasteiger partial charge in [-0.2, -0.15) is 0 Å². The number of hydrogen-bond donors (Lipinski definition) is 1. The molecular weight excluding hydrogens is 254 g/mol. The average molecular weight is 269 g/mol. The maximum absolute atomic E-state index is 12.5. The molecule has 1 heterocycles. The Morgan fingerprint density at radius 2 is 1.85 bits per heavy atom. The first kappa shape index (κ1) is 12.7. The molecule has 1 N–H and O–H groups in total. The first-order chi connectivity index (χ1) is 9.66. The molecule has 1 aliphatic rings. The summed E-state index contributed by atoms with van der Waals surface area (Å²) in [6.07, 6.45) is 0.343. The second-order valence-corrected chi connectivity index (χ2v) is 5.06. The molecule has 0 bridgehead atoms. The SMILES string of the molecule is O=C(c1ccc2ccccc2c1)[C@H]1CCCN1C(=O)O. The van der Waals surface area contributed by atoms with Crippen LogP contribution in [-0.2, 0) is 0 Å². The average Bonchev–Trinajstić information content (AvgIpc) is 2.95. The number of amides is 1. The van der Waals surface area contributed by atoms with E-state index in [0.717, 1.165) is 17.2 Å². The molecule has 1 atom stereocenters. The summed E-state index contributed by atoms with van der Waals surface area (Å²) in [5.41, 5.74) is 0.585. The molecule has 0 aromatic heterocycles. The molecule has 4 nitrogen and oxygen atoms in total. The highest BCUT2D eigenvalue weighted by Gasteiger charge is 2.34. The van der Waals surface area contributed by atoms with Crippen LogP contribution in [-0.4, -0.2) is 34.5 Å². The van der Waals surface area contributed by atoms with Crippen molar-refractivity contribution in [2.24, 2.45) is 0 Å². The van der Waals surface area contributed by atoms with E-state index in [1.165, 1.54) is 4.90 Å². The number of ketones is 1. The minimum absolute atomic E-state index is 0.101. The molecule has 1 amide bonds. The molecule has 20 heavy (non-hydrogen) atoms. The van der Waals surface area contributed by atoms with Crippen LogP contribution in [0, 0.1) is 0 Å². The number of Topliss-reactive ketones (excluding diaryl/α,β-unsaturated/α-hetero) is 1. The summed E-state index contributed by atoms with van der Waals surface area (Å²) in [4.78, 5) is 24.9. The Morgan fingerprint density at radius 3 is 2.60 bits per heavy atom. The van der Waals surface area contributed by atoms with Crippen LogP contribution >= 0.6 is 0 Å². The lowest BCUT2D eigenvalue weighted by Gasteiger charge is -2.20. The summed E-state index contributed by atoms with van der Waals surface area (Å²) in [6.45, 7) is 0.444. The lowest BCUT2D eigenvalue weighted by Crippen LogP contribution is -2.39. The Labute approximate surface area is 116 Å². The monoisotopic (exact) mass is 269 g/mol. The Hall–Kier alpha value is -2.36. The smallest absolute Gasteiger partial charge is 0.407 e. The fourth-order valence-electron chi connectivity index (χ4n) is 2.80. The minimum Gasteiger partial charge on any atom is -0.465 e. The van der Waals surface area contributed by atoms with E-state index >= 15 is 0 Å². The number of nitrogens with zero attached hydrogens (tertiary/aromatic N) is 1. The van der Waals surface area contributed by atoms with Crippen molar-refractivity contribution >= 4 is 22.6 Å². The van der Waals surface area contributed by atoms with Crippen molar-refractivity contribution in [3.8, 4) is 0 Å². The van der Waals surface area contributed by atoms with E-state index in [0.29, 0.717) is 18.5 Å². The molecule has 4 heteroatoms. The van der Waals surface area contributed by atoms with Crippen molar-refractivity contribution in [2.45, 2.75) is 18.9 Å². The quantitative estimate of drug-likeness (QED) is 0.852. The number of benzene rings is 2. The number of hydrogen-bond acceptors (Lipinski definition) is 2. The zero-order valence-electron chi connectivity index (χ0n) is 11.0. The van der Waals surface area contributed by atoms with Gasteiger partial charge in [0, 0.05) is 12.1 Å². The molecule has 0 aliphatic carbocycles. The number of carboxylic acid groups (broad SMARTS) is 1. The summed E-state index contributed by atoms with van der Waals surface area (Å²) >= 11 is 0. The fourth-order valence-corrected chi connectivity index (χ4v) is 2.80. The third kappa shape index (κ3) is 2.13. The predicted molar refractivity (Wildman–Crippen MR) is 76.0 cm³/mol. The highest BCUT2D eigenvalue weighted by Crippen LogP contribution is 2.23. The van der Waals surface area contributed by atoms with E-state index in [9.17, 15) is 9.59 Å². The van der Waals surface area contributed by atoms with Gasteiger partial charge in [-0.15, -0.1) is 0 Å². The summed E-state index contributed by atoms with van der Waals surface area (Å²) in [7, 11) is 0. The number of carbonyl (C=O) groups excluding carboxylic acids is 1. The number of likely N-dealkylation sites (tertiary alicyclic amines) is 1. The molecule has 1 aliphatic heterocycles. The molecule has 1 saturated heterocycles. The summed E-state index contributed by atoms with van der Waals surface area (Å²) in [5.74, 6) is -0.101. The lowest BCUT2D eigenvalue weighted by atomic mass is 9.99. The Balaban J connectivity index is 1.94. The van der Waals surface area contributed by atoms with Crippen LogP contribution in [0.15, 0.2) is 42.5 Å². The Morgan fingerprint density at radius 1 is 1.10 bits per heavy atom. The van der Waals surface area contributed by atoms with Crippen LogP contribution in [0.3, 0.4) is 0 Å². The normalized spacial score (nSPS) is 18.4. The van der Waals surface area contributed by atoms with E-state index in [1.54, 1.807) is 6.07 Å². The molecule has 1 fully saturated rings. The summed E-state index contributed by atoms with van der Waals surface area (Å²) in [6, 6.07) is 12.8. The van der Waals surface area contributed by atoms with Gasteiger partial charge in [0.2, 0.25) is 0 Å². The molecule has 0 radical (unpaired) electrons. The van der Waals surface area contributed by atoms with Crippen LogP contribution in [0.4, 0.5) is 4.79 Å². The van der Waals surface area contributed by atoms with E-state index in [2.05, 4.69) is 0 Å². The maximum atomic E-state index is 12.5. The van der Waals surface area contributed by atoms with Crippen molar-refractivity contribution in [1.29, 1.82) is 0 Å². The van der Waals surface area contributed by atoms with Gasteiger partial charge in [-0.05, 0) is 29.7 Å². The predicted octanol–water partition coefficient (Wildman–Crippen LogP) is 3.16. The largest absolute Gasteiger partial charge is 0.465 e. The van der Waals surface area contributed by atoms with Gasteiger partial charge in [-0.1, -0.05) is 36.4 Å². The molecule has 0 unspecified atom stereocenters. The van der Waals surface area contributed by atoms with Crippen LogP contribution in [0.2, 0.25) is 0 Å². The van der Waals surface area contributed by atoms with Gasteiger partial charge < -0.3 is 5.11 Å². The van der Waals surface area contributed by atoms with Gasteiger partial charge in [-0.3, -0.25) is 9.69 Å². The van der Waals surface area contributed by atoms with Crippen molar-refractivity contribution in [1.82, 2.24) is 4.90 Å². The van der Waals surface area contributed by atoms with Gasteiger partial charge >= 0.3 is 6.09 Å². The third-order valence-electron chi connectivity index (χ3n) is 3.84. The van der Waals surface area contributed by atoms with Crippen molar-refractivity contribution in [3.63, 3.8) is 0 Å². The number of fused-ring (bicyclic) bond motifs is 1. The van der Waals surface area contributed by atoms with E-state index in [1.807, 2.05) is 36.4 Å². The van der Waals surface area contributed by atoms with Gasteiger partial charge in [0.05, 0.1) is 6.04 Å². The highest BCUT2D eigenvalue weighted by molar-refractivity contribution is 6.04. The maximum Gasteiger partial charge on any atom is 0.407 e. The Bertz CT molecular complexity index is 680. The first-order valence-corrected chi connectivity index (χ1v) is 6.69.